The second-order valence-electron chi connectivity index (χ2n) is 6.95. The minimum atomic E-state index is -3.77. The third-order valence-corrected chi connectivity index (χ3v) is 7.01. The van der Waals surface area contributed by atoms with Gasteiger partial charge in [-0.05, 0) is 49.9 Å². The van der Waals surface area contributed by atoms with Crippen LogP contribution in [0.4, 0.5) is 5.69 Å². The molecule has 0 aliphatic carbocycles. The van der Waals surface area contributed by atoms with E-state index in [1.165, 1.54) is 13.1 Å². The van der Waals surface area contributed by atoms with Crippen molar-refractivity contribution >= 4 is 27.5 Å². The molecule has 2 amide bonds. The highest BCUT2D eigenvalue weighted by Crippen LogP contribution is 2.27. The lowest BCUT2D eigenvalue weighted by Gasteiger charge is -2.23. The summed E-state index contributed by atoms with van der Waals surface area (Å²) in [5.74, 6) is -0.0983. The molecular weight excluding hydrogens is 354 g/mol. The van der Waals surface area contributed by atoms with Gasteiger partial charge in [0.15, 0.2) is 0 Å². The zero-order chi connectivity index (χ0) is 18.9. The molecule has 0 aromatic heterocycles. The smallest absolute Gasteiger partial charge is 0.243 e. The molecule has 0 unspecified atom stereocenters. The van der Waals surface area contributed by atoms with Crippen molar-refractivity contribution in [3.05, 3.63) is 23.8 Å². The fourth-order valence-corrected chi connectivity index (χ4v) is 4.84. The molecule has 0 saturated carbocycles. The molecule has 0 bridgehead atoms. The normalized spacial score (nSPS) is 18.2. The first kappa shape index (κ1) is 18.8. The highest BCUT2D eigenvalue weighted by molar-refractivity contribution is 7.89. The van der Waals surface area contributed by atoms with Crippen molar-refractivity contribution in [1.29, 1.82) is 0 Å². The molecule has 2 fully saturated rings. The minimum absolute atomic E-state index is 0.0633. The molecule has 0 spiro atoms. The maximum Gasteiger partial charge on any atom is 0.243 e. The first-order valence-corrected chi connectivity index (χ1v) is 10.4. The predicted molar refractivity (Wildman–Crippen MR) is 98.4 cm³/mol. The summed E-state index contributed by atoms with van der Waals surface area (Å²) in [6.45, 7) is 3.62. The number of amides is 2. The third kappa shape index (κ3) is 3.61. The van der Waals surface area contributed by atoms with Crippen molar-refractivity contribution in [2.75, 3.05) is 38.1 Å². The molecule has 2 saturated heterocycles. The van der Waals surface area contributed by atoms with E-state index in [1.807, 2.05) is 0 Å². The van der Waals surface area contributed by atoms with Gasteiger partial charge in [0.05, 0.1) is 11.4 Å². The molecule has 2 heterocycles. The summed E-state index contributed by atoms with van der Waals surface area (Å²) >= 11 is 0. The van der Waals surface area contributed by atoms with Crippen molar-refractivity contribution in [2.45, 2.75) is 37.5 Å². The number of sulfonamides is 1. The van der Waals surface area contributed by atoms with Gasteiger partial charge >= 0.3 is 0 Å². The van der Waals surface area contributed by atoms with Gasteiger partial charge in [0.25, 0.3) is 0 Å². The number of hydrogen-bond acceptors (Lipinski definition) is 4. The number of nitrogens with zero attached hydrogens (tertiary/aromatic N) is 3. The summed E-state index contributed by atoms with van der Waals surface area (Å²) in [7, 11) is -2.33. The molecule has 2 aliphatic heterocycles. The van der Waals surface area contributed by atoms with E-state index in [1.54, 1.807) is 28.9 Å². The summed E-state index contributed by atoms with van der Waals surface area (Å²) in [6, 6.07) is 4.92. The Morgan fingerprint density at radius 3 is 2.42 bits per heavy atom. The molecule has 1 aromatic rings. The van der Waals surface area contributed by atoms with Crippen LogP contribution in [0.1, 0.15) is 31.2 Å². The number of likely N-dealkylation sites (tertiary alicyclic amines) is 1. The van der Waals surface area contributed by atoms with E-state index >= 15 is 0 Å². The van der Waals surface area contributed by atoms with E-state index < -0.39 is 10.0 Å². The van der Waals surface area contributed by atoms with E-state index in [4.69, 9.17) is 0 Å². The summed E-state index contributed by atoms with van der Waals surface area (Å²) in [5, 5.41) is 0. The molecule has 0 radical (unpaired) electrons. The Kier molecular flexibility index (Phi) is 5.34. The first-order chi connectivity index (χ1) is 12.3. The highest BCUT2D eigenvalue weighted by atomic mass is 32.2. The summed E-state index contributed by atoms with van der Waals surface area (Å²) in [4.78, 5) is 27.7. The molecule has 0 atom stereocenters. The molecule has 0 N–H and O–H groups in total. The van der Waals surface area contributed by atoms with Crippen LogP contribution in [0.3, 0.4) is 0 Å². The SMILES string of the molecule is Cc1cc(N2CCCC2=O)ccc1S(=O)(=O)N(C)CC(=O)N1CCCC1. The van der Waals surface area contributed by atoms with Crippen LogP contribution in [-0.4, -0.2) is 62.7 Å². The molecule has 2 aliphatic rings. The summed E-state index contributed by atoms with van der Waals surface area (Å²) in [5.41, 5.74) is 1.29. The minimum Gasteiger partial charge on any atom is -0.342 e. The quantitative estimate of drug-likeness (QED) is 0.774. The fraction of sp³-hybridized carbons (Fsp3) is 0.556. The largest absolute Gasteiger partial charge is 0.342 e. The Labute approximate surface area is 154 Å². The zero-order valence-corrected chi connectivity index (χ0v) is 16.1. The van der Waals surface area contributed by atoms with E-state index in [0.29, 0.717) is 31.6 Å². The lowest BCUT2D eigenvalue weighted by molar-refractivity contribution is -0.130. The van der Waals surface area contributed by atoms with Gasteiger partial charge in [-0.15, -0.1) is 0 Å². The lowest BCUT2D eigenvalue weighted by atomic mass is 10.2. The number of benzene rings is 1. The van der Waals surface area contributed by atoms with E-state index in [2.05, 4.69) is 0 Å². The fourth-order valence-electron chi connectivity index (χ4n) is 3.52. The number of anilines is 1. The third-order valence-electron chi connectivity index (χ3n) is 5.05. The van der Waals surface area contributed by atoms with Crippen LogP contribution in [0.15, 0.2) is 23.1 Å². The van der Waals surface area contributed by atoms with Gasteiger partial charge in [-0.25, -0.2) is 8.42 Å². The summed E-state index contributed by atoms with van der Waals surface area (Å²) in [6.07, 6.45) is 3.29. The number of aryl methyl sites for hydroxylation is 1. The molecule has 8 heteroatoms. The van der Waals surface area contributed by atoms with E-state index in [-0.39, 0.29) is 23.3 Å². The topological polar surface area (TPSA) is 78.0 Å². The van der Waals surface area contributed by atoms with Crippen molar-refractivity contribution < 1.29 is 18.0 Å². The van der Waals surface area contributed by atoms with Crippen LogP contribution in [0, 0.1) is 6.92 Å². The molecular formula is C18H25N3O4S. The maximum absolute atomic E-state index is 12.9. The highest BCUT2D eigenvalue weighted by Gasteiger charge is 2.28. The average molecular weight is 379 g/mol. The van der Waals surface area contributed by atoms with Crippen LogP contribution in [0.2, 0.25) is 0 Å². The number of carbonyl (C=O) groups is 2. The zero-order valence-electron chi connectivity index (χ0n) is 15.3. The van der Waals surface area contributed by atoms with Gasteiger partial charge in [-0.1, -0.05) is 0 Å². The number of hydrogen-bond donors (Lipinski definition) is 0. The van der Waals surface area contributed by atoms with E-state index in [0.717, 1.165) is 29.3 Å². The first-order valence-electron chi connectivity index (χ1n) is 8.96. The van der Waals surface area contributed by atoms with Crippen molar-refractivity contribution in [1.82, 2.24) is 9.21 Å². The standard InChI is InChI=1S/C18H25N3O4S/c1-14-12-15(21-11-5-6-17(21)22)7-8-16(14)26(24,25)19(2)13-18(23)20-9-3-4-10-20/h7-8,12H,3-6,9-11,13H2,1-2H3. The van der Waals surface area contributed by atoms with Gasteiger partial charge in [-0.3, -0.25) is 9.59 Å². The average Bonchev–Trinajstić information content (AvgIpc) is 3.25. The van der Waals surface area contributed by atoms with Crippen LogP contribution in [0.25, 0.3) is 0 Å². The molecule has 26 heavy (non-hydrogen) atoms. The Bertz CT molecular complexity index is 816. The maximum atomic E-state index is 12.9. The number of carbonyl (C=O) groups excluding carboxylic acids is 2. The number of rotatable bonds is 5. The van der Waals surface area contributed by atoms with Crippen LogP contribution in [-0.2, 0) is 19.6 Å². The van der Waals surface area contributed by atoms with Gasteiger partial charge in [-0.2, -0.15) is 4.31 Å². The Hall–Kier alpha value is -1.93. The van der Waals surface area contributed by atoms with Crippen LogP contribution >= 0.6 is 0 Å². The second-order valence-corrected chi connectivity index (χ2v) is 8.96. The monoisotopic (exact) mass is 379 g/mol. The van der Waals surface area contributed by atoms with Crippen LogP contribution < -0.4 is 4.90 Å². The molecule has 1 aromatic carbocycles. The second kappa shape index (κ2) is 7.36. The molecule has 142 valence electrons. The lowest BCUT2D eigenvalue weighted by Crippen LogP contribution is -2.40. The Morgan fingerprint density at radius 2 is 1.85 bits per heavy atom. The molecule has 7 nitrogen and oxygen atoms in total. The van der Waals surface area contributed by atoms with Crippen LogP contribution in [0.5, 0.6) is 0 Å². The van der Waals surface area contributed by atoms with E-state index in [9.17, 15) is 18.0 Å². The predicted octanol–water partition coefficient (Wildman–Crippen LogP) is 1.36. The van der Waals surface area contributed by atoms with Gasteiger partial charge in [0, 0.05) is 38.8 Å². The van der Waals surface area contributed by atoms with Gasteiger partial charge in [0.2, 0.25) is 21.8 Å². The molecule has 3 rings (SSSR count). The van der Waals surface area contributed by atoms with Gasteiger partial charge < -0.3 is 9.80 Å². The van der Waals surface area contributed by atoms with Crippen molar-refractivity contribution in [2.24, 2.45) is 0 Å². The van der Waals surface area contributed by atoms with Gasteiger partial charge in [0.1, 0.15) is 0 Å². The Balaban J connectivity index is 1.77. The van der Waals surface area contributed by atoms with Crippen molar-refractivity contribution in [3.63, 3.8) is 0 Å². The number of likely N-dealkylation sites (N-methyl/N-ethyl adjacent to an activating group) is 1. The van der Waals surface area contributed by atoms with Crippen molar-refractivity contribution in [3.8, 4) is 0 Å². The summed E-state index contributed by atoms with van der Waals surface area (Å²) < 4.78 is 26.9. The Morgan fingerprint density at radius 1 is 1.15 bits per heavy atom.